The summed E-state index contributed by atoms with van der Waals surface area (Å²) in [5.74, 6) is -1.92. The van der Waals surface area contributed by atoms with Gasteiger partial charge in [-0.1, -0.05) is 24.3 Å². The van der Waals surface area contributed by atoms with E-state index < -0.39 is 12.1 Å². The molecule has 0 saturated heterocycles. The van der Waals surface area contributed by atoms with Gasteiger partial charge in [-0.05, 0) is 48.0 Å². The van der Waals surface area contributed by atoms with Crippen molar-refractivity contribution in [1.82, 2.24) is 9.97 Å². The Labute approximate surface area is 192 Å². The van der Waals surface area contributed by atoms with Crippen LogP contribution in [0.15, 0.2) is 79.1 Å². The number of fused-ring (bicyclic) bond motifs is 1. The number of pyridine rings is 1. The van der Waals surface area contributed by atoms with Crippen molar-refractivity contribution in [2.75, 3.05) is 17.3 Å². The van der Waals surface area contributed by atoms with Gasteiger partial charge in [-0.25, -0.2) is 9.78 Å². The van der Waals surface area contributed by atoms with Crippen LogP contribution < -0.4 is 10.2 Å². The number of alkyl halides is 3. The lowest BCUT2D eigenvalue weighted by atomic mass is 10.1. The zero-order valence-electron chi connectivity index (χ0n) is 18.0. The van der Waals surface area contributed by atoms with Crippen molar-refractivity contribution in [3.8, 4) is 0 Å². The number of aliphatic carboxylic acids is 1. The van der Waals surface area contributed by atoms with E-state index in [0.29, 0.717) is 6.42 Å². The second-order valence-electron chi connectivity index (χ2n) is 7.18. The summed E-state index contributed by atoms with van der Waals surface area (Å²) in [6.07, 6.45) is -1.08. The van der Waals surface area contributed by atoms with Gasteiger partial charge in [0.25, 0.3) is 0 Å². The van der Waals surface area contributed by atoms with Gasteiger partial charge in [0.05, 0.1) is 6.42 Å². The monoisotopic (exact) mass is 470 g/mol. The molecule has 0 aliphatic carbocycles. The summed E-state index contributed by atoms with van der Waals surface area (Å²) >= 11 is 0. The molecular weight excluding hydrogens is 449 g/mol. The maximum atomic E-state index is 12.4. The maximum Gasteiger partial charge on any atom is 0.490 e. The molecule has 0 spiro atoms. The highest BCUT2D eigenvalue weighted by Gasteiger charge is 2.38. The van der Waals surface area contributed by atoms with Gasteiger partial charge in [-0.15, -0.1) is 0 Å². The Kier molecular flexibility index (Phi) is 7.52. The summed E-state index contributed by atoms with van der Waals surface area (Å²) in [7, 11) is 1.97. The number of benzene rings is 2. The molecule has 7 nitrogen and oxygen atoms in total. The SMILES string of the molecule is CN(c1ccc(NC(=O)Cc2c[nH]c3ccccc23)cc1)c1ccccn1.O=C(O)C(F)(F)F. The minimum Gasteiger partial charge on any atom is -0.475 e. The summed E-state index contributed by atoms with van der Waals surface area (Å²) in [5, 5.41) is 11.2. The Bertz CT molecular complexity index is 1260. The number of aromatic nitrogens is 2. The molecule has 0 atom stereocenters. The number of H-pyrrole nitrogens is 1. The minimum atomic E-state index is -5.08. The number of para-hydroxylation sites is 1. The number of amides is 1. The third kappa shape index (κ3) is 6.35. The first-order chi connectivity index (χ1) is 16.1. The quantitative estimate of drug-likeness (QED) is 0.375. The predicted molar refractivity (Wildman–Crippen MR) is 123 cm³/mol. The summed E-state index contributed by atoms with van der Waals surface area (Å²) in [5.41, 5.74) is 3.82. The number of rotatable bonds is 5. The Morgan fingerprint density at radius 3 is 2.29 bits per heavy atom. The number of carbonyl (C=O) groups is 2. The van der Waals surface area contributed by atoms with Crippen LogP contribution in [-0.2, 0) is 16.0 Å². The van der Waals surface area contributed by atoms with Crippen LogP contribution in [0.4, 0.5) is 30.4 Å². The van der Waals surface area contributed by atoms with Gasteiger partial charge >= 0.3 is 12.1 Å². The molecule has 2 heterocycles. The van der Waals surface area contributed by atoms with Crippen molar-refractivity contribution in [2.45, 2.75) is 12.6 Å². The first-order valence-corrected chi connectivity index (χ1v) is 10.0. The Balaban J connectivity index is 0.000000406. The zero-order valence-corrected chi connectivity index (χ0v) is 18.0. The van der Waals surface area contributed by atoms with Gasteiger partial charge in [0.1, 0.15) is 5.82 Å². The van der Waals surface area contributed by atoms with Crippen molar-refractivity contribution in [3.63, 3.8) is 0 Å². The van der Waals surface area contributed by atoms with Crippen molar-refractivity contribution >= 4 is 40.0 Å². The highest BCUT2D eigenvalue weighted by Crippen LogP contribution is 2.23. The number of hydrogen-bond acceptors (Lipinski definition) is 4. The molecule has 10 heteroatoms. The Hall–Kier alpha value is -4.34. The zero-order chi connectivity index (χ0) is 24.7. The van der Waals surface area contributed by atoms with E-state index in [1.54, 1.807) is 6.20 Å². The molecule has 3 N–H and O–H groups in total. The molecule has 0 bridgehead atoms. The van der Waals surface area contributed by atoms with E-state index in [9.17, 15) is 18.0 Å². The number of anilines is 3. The molecule has 34 heavy (non-hydrogen) atoms. The van der Waals surface area contributed by atoms with E-state index in [1.807, 2.05) is 84.9 Å². The number of hydrogen-bond donors (Lipinski definition) is 3. The molecule has 0 radical (unpaired) electrons. The summed E-state index contributed by atoms with van der Waals surface area (Å²) < 4.78 is 31.7. The van der Waals surface area contributed by atoms with Crippen molar-refractivity contribution in [1.29, 1.82) is 0 Å². The van der Waals surface area contributed by atoms with E-state index in [4.69, 9.17) is 9.90 Å². The van der Waals surface area contributed by atoms with Crippen LogP contribution in [0.5, 0.6) is 0 Å². The summed E-state index contributed by atoms with van der Waals surface area (Å²) in [4.78, 5) is 30.9. The van der Waals surface area contributed by atoms with Crippen LogP contribution in [0, 0.1) is 0 Å². The molecule has 4 rings (SSSR count). The molecular formula is C24H21F3N4O3. The number of carbonyl (C=O) groups excluding carboxylic acids is 1. The molecule has 0 unspecified atom stereocenters. The van der Waals surface area contributed by atoms with E-state index in [-0.39, 0.29) is 5.91 Å². The summed E-state index contributed by atoms with van der Waals surface area (Å²) in [6.45, 7) is 0. The highest BCUT2D eigenvalue weighted by molar-refractivity contribution is 5.95. The molecule has 2 aromatic heterocycles. The minimum absolute atomic E-state index is 0.0365. The molecule has 1 amide bonds. The van der Waals surface area contributed by atoms with E-state index >= 15 is 0 Å². The number of carboxylic acids is 1. The number of nitrogens with one attached hydrogen (secondary N) is 2. The van der Waals surface area contributed by atoms with Crippen molar-refractivity contribution in [2.24, 2.45) is 0 Å². The first kappa shape index (κ1) is 24.3. The molecule has 0 aliphatic rings. The lowest BCUT2D eigenvalue weighted by molar-refractivity contribution is -0.192. The Morgan fingerprint density at radius 2 is 1.68 bits per heavy atom. The van der Waals surface area contributed by atoms with Crippen LogP contribution >= 0.6 is 0 Å². The fourth-order valence-corrected chi connectivity index (χ4v) is 3.11. The second kappa shape index (κ2) is 10.5. The normalized spacial score (nSPS) is 10.8. The second-order valence-corrected chi connectivity index (χ2v) is 7.18. The number of halogens is 3. The van der Waals surface area contributed by atoms with Gasteiger partial charge in [-0.3, -0.25) is 4.79 Å². The molecule has 0 aliphatic heterocycles. The molecule has 0 fully saturated rings. The fraction of sp³-hybridized carbons (Fsp3) is 0.125. The first-order valence-electron chi connectivity index (χ1n) is 10.0. The number of aromatic amines is 1. The van der Waals surface area contributed by atoms with Gasteiger partial charge in [0, 0.05) is 41.7 Å². The van der Waals surface area contributed by atoms with Gasteiger partial charge < -0.3 is 20.3 Å². The molecule has 2 aromatic carbocycles. The lowest BCUT2D eigenvalue weighted by Gasteiger charge is -2.18. The molecule has 4 aromatic rings. The van der Waals surface area contributed by atoms with Crippen LogP contribution in [0.1, 0.15) is 5.56 Å². The topological polar surface area (TPSA) is 98.3 Å². The Morgan fingerprint density at radius 1 is 1.03 bits per heavy atom. The fourth-order valence-electron chi connectivity index (χ4n) is 3.11. The average molecular weight is 470 g/mol. The summed E-state index contributed by atoms with van der Waals surface area (Å²) in [6, 6.07) is 21.5. The van der Waals surface area contributed by atoms with Crippen molar-refractivity contribution in [3.05, 3.63) is 84.7 Å². The largest absolute Gasteiger partial charge is 0.490 e. The lowest BCUT2D eigenvalue weighted by Crippen LogP contribution is -2.21. The van der Waals surface area contributed by atoms with Gasteiger partial charge in [0.15, 0.2) is 0 Å². The van der Waals surface area contributed by atoms with Crippen molar-refractivity contribution < 1.29 is 27.9 Å². The smallest absolute Gasteiger partial charge is 0.475 e. The molecule has 176 valence electrons. The molecule has 0 saturated carbocycles. The van der Waals surface area contributed by atoms with Crippen LogP contribution in [0.25, 0.3) is 10.9 Å². The van der Waals surface area contributed by atoms with Crippen LogP contribution in [0.3, 0.4) is 0 Å². The van der Waals surface area contributed by atoms with E-state index in [0.717, 1.165) is 33.7 Å². The van der Waals surface area contributed by atoms with E-state index in [1.165, 1.54) is 0 Å². The maximum absolute atomic E-state index is 12.4. The van der Waals surface area contributed by atoms with E-state index in [2.05, 4.69) is 15.3 Å². The van der Waals surface area contributed by atoms with Crippen LogP contribution in [0.2, 0.25) is 0 Å². The van der Waals surface area contributed by atoms with Crippen LogP contribution in [-0.4, -0.2) is 40.2 Å². The number of carboxylic acid groups (broad SMARTS) is 1. The third-order valence-corrected chi connectivity index (χ3v) is 4.80. The standard InChI is InChI=1S/C22H20N4O.C2HF3O2/c1-26(21-8-4-5-13-23-21)18-11-9-17(10-12-18)25-22(27)14-16-15-24-20-7-3-2-6-19(16)20;3-2(4,5)1(6)7/h2-13,15,24H,14H2,1H3,(H,25,27);(H,6,7). The predicted octanol–water partition coefficient (Wildman–Crippen LogP) is 5.15. The third-order valence-electron chi connectivity index (χ3n) is 4.80. The number of nitrogens with zero attached hydrogens (tertiary/aromatic N) is 2. The van der Waals surface area contributed by atoms with Gasteiger partial charge in [0.2, 0.25) is 5.91 Å². The van der Waals surface area contributed by atoms with Gasteiger partial charge in [-0.2, -0.15) is 13.2 Å². The average Bonchev–Trinajstić information content (AvgIpc) is 3.22. The highest BCUT2D eigenvalue weighted by atomic mass is 19.4.